The molecule has 0 saturated carbocycles. The summed E-state index contributed by atoms with van der Waals surface area (Å²) >= 11 is 0. The summed E-state index contributed by atoms with van der Waals surface area (Å²) in [6.07, 6.45) is 2.47. The van der Waals surface area contributed by atoms with Gasteiger partial charge in [0, 0.05) is 26.4 Å². The number of hydrogen-bond acceptors (Lipinski definition) is 3. The van der Waals surface area contributed by atoms with E-state index < -0.39 is 12.0 Å². The average Bonchev–Trinajstić information content (AvgIpc) is 2.37. The van der Waals surface area contributed by atoms with Gasteiger partial charge in [0.05, 0.1) is 0 Å². The van der Waals surface area contributed by atoms with E-state index >= 15 is 0 Å². The maximum Gasteiger partial charge on any atom is 0.326 e. The van der Waals surface area contributed by atoms with Crippen LogP contribution in [0.5, 0.6) is 0 Å². The molecule has 0 aromatic heterocycles. The number of rotatable bonds is 5. The van der Waals surface area contributed by atoms with Crippen LogP contribution in [0.2, 0.25) is 0 Å². The van der Waals surface area contributed by atoms with Gasteiger partial charge in [-0.2, -0.15) is 0 Å². The number of likely N-dealkylation sites (tertiary alicyclic amines) is 1. The van der Waals surface area contributed by atoms with E-state index in [0.29, 0.717) is 18.9 Å². The molecule has 6 heteroatoms. The van der Waals surface area contributed by atoms with Gasteiger partial charge in [-0.15, -0.1) is 0 Å². The third-order valence-corrected chi connectivity index (χ3v) is 3.61. The Kier molecular flexibility index (Phi) is 5.79. The molecular formula is C13H22N2O4. The van der Waals surface area contributed by atoms with Gasteiger partial charge >= 0.3 is 5.97 Å². The fourth-order valence-corrected chi connectivity index (χ4v) is 2.43. The van der Waals surface area contributed by atoms with Gasteiger partial charge in [0.25, 0.3) is 0 Å². The van der Waals surface area contributed by atoms with Crippen molar-refractivity contribution in [2.24, 2.45) is 5.92 Å². The molecule has 1 heterocycles. The molecule has 0 bridgehead atoms. The predicted molar refractivity (Wildman–Crippen MR) is 69.5 cm³/mol. The molecule has 0 radical (unpaired) electrons. The van der Waals surface area contributed by atoms with Gasteiger partial charge in [-0.05, 0) is 18.8 Å². The maximum absolute atomic E-state index is 12.0. The molecule has 0 aliphatic carbocycles. The molecule has 108 valence electrons. The molecular weight excluding hydrogens is 248 g/mol. The second kappa shape index (κ2) is 7.11. The van der Waals surface area contributed by atoms with E-state index in [1.54, 1.807) is 0 Å². The highest BCUT2D eigenvalue weighted by atomic mass is 16.4. The molecule has 0 spiro atoms. The first-order chi connectivity index (χ1) is 8.95. The molecule has 0 aromatic carbocycles. The van der Waals surface area contributed by atoms with Crippen molar-refractivity contribution in [3.05, 3.63) is 0 Å². The van der Waals surface area contributed by atoms with Crippen LogP contribution in [0.15, 0.2) is 0 Å². The second-order valence-corrected chi connectivity index (χ2v) is 4.97. The molecule has 1 aliphatic rings. The quantitative estimate of drug-likeness (QED) is 0.766. The Balaban J connectivity index is 2.56. The number of nitrogens with zero attached hydrogens (tertiary/aromatic N) is 1. The molecule has 1 rings (SSSR count). The van der Waals surface area contributed by atoms with Crippen molar-refractivity contribution in [1.82, 2.24) is 10.2 Å². The lowest BCUT2D eigenvalue weighted by Gasteiger charge is -2.37. The summed E-state index contributed by atoms with van der Waals surface area (Å²) in [6.45, 7) is 4.18. The second-order valence-electron chi connectivity index (χ2n) is 4.97. The molecule has 6 nitrogen and oxygen atoms in total. The zero-order chi connectivity index (χ0) is 14.4. The van der Waals surface area contributed by atoms with E-state index in [0.717, 1.165) is 12.8 Å². The standard InChI is InChI=1S/C13H22N2O4/c1-3-10-5-7-15(11(8-10)13(18)19)12(17)4-6-14-9(2)16/h10-11H,3-8H2,1-2H3,(H,14,16)(H,18,19). The number of carboxylic acids is 1. The van der Waals surface area contributed by atoms with Crippen LogP contribution in [0, 0.1) is 5.92 Å². The Labute approximate surface area is 113 Å². The smallest absolute Gasteiger partial charge is 0.326 e. The van der Waals surface area contributed by atoms with E-state index in [9.17, 15) is 19.5 Å². The number of piperidine rings is 1. The fourth-order valence-electron chi connectivity index (χ4n) is 2.43. The van der Waals surface area contributed by atoms with Gasteiger partial charge in [0.2, 0.25) is 11.8 Å². The minimum absolute atomic E-state index is 0.153. The summed E-state index contributed by atoms with van der Waals surface area (Å²) in [5.74, 6) is -0.950. The number of carbonyl (C=O) groups is 3. The minimum atomic E-state index is -0.939. The minimum Gasteiger partial charge on any atom is -0.480 e. The van der Waals surface area contributed by atoms with E-state index in [1.807, 2.05) is 6.92 Å². The summed E-state index contributed by atoms with van der Waals surface area (Å²) in [5.41, 5.74) is 0. The van der Waals surface area contributed by atoms with Crippen LogP contribution < -0.4 is 5.32 Å². The van der Waals surface area contributed by atoms with Crippen molar-refractivity contribution in [2.75, 3.05) is 13.1 Å². The highest BCUT2D eigenvalue weighted by Crippen LogP contribution is 2.26. The largest absolute Gasteiger partial charge is 0.480 e. The predicted octanol–water partition coefficient (Wildman–Crippen LogP) is 0.614. The Morgan fingerprint density at radius 2 is 2.05 bits per heavy atom. The highest BCUT2D eigenvalue weighted by Gasteiger charge is 2.35. The first-order valence-corrected chi connectivity index (χ1v) is 6.72. The summed E-state index contributed by atoms with van der Waals surface area (Å²) in [5, 5.41) is 11.8. The molecule has 2 atom stereocenters. The van der Waals surface area contributed by atoms with E-state index in [1.165, 1.54) is 11.8 Å². The maximum atomic E-state index is 12.0. The van der Waals surface area contributed by atoms with Crippen LogP contribution in [0.1, 0.15) is 39.5 Å². The first-order valence-electron chi connectivity index (χ1n) is 6.72. The topological polar surface area (TPSA) is 86.7 Å². The van der Waals surface area contributed by atoms with Gasteiger partial charge < -0.3 is 15.3 Å². The Bertz CT molecular complexity index is 357. The SMILES string of the molecule is CCC1CCN(C(=O)CCNC(C)=O)C(C(=O)O)C1. The molecule has 1 aliphatic heterocycles. The van der Waals surface area contributed by atoms with Crippen molar-refractivity contribution in [2.45, 2.75) is 45.6 Å². The molecule has 2 N–H and O–H groups in total. The van der Waals surface area contributed by atoms with Crippen LogP contribution in [0.25, 0.3) is 0 Å². The zero-order valence-electron chi connectivity index (χ0n) is 11.5. The first kappa shape index (κ1) is 15.5. The van der Waals surface area contributed by atoms with Gasteiger partial charge in [0.1, 0.15) is 6.04 Å². The van der Waals surface area contributed by atoms with Gasteiger partial charge in [-0.25, -0.2) is 4.79 Å². The molecule has 0 aromatic rings. The van der Waals surface area contributed by atoms with Crippen molar-refractivity contribution >= 4 is 17.8 Å². The Morgan fingerprint density at radius 3 is 2.58 bits per heavy atom. The normalized spacial score (nSPS) is 22.9. The third kappa shape index (κ3) is 4.54. The van der Waals surface area contributed by atoms with Crippen LogP contribution in [-0.2, 0) is 14.4 Å². The average molecular weight is 270 g/mol. The lowest BCUT2D eigenvalue weighted by molar-refractivity contribution is -0.153. The molecule has 2 amide bonds. The molecule has 2 unspecified atom stereocenters. The lowest BCUT2D eigenvalue weighted by Crippen LogP contribution is -2.50. The number of carbonyl (C=O) groups excluding carboxylic acids is 2. The summed E-state index contributed by atoms with van der Waals surface area (Å²) in [7, 11) is 0. The number of hydrogen-bond donors (Lipinski definition) is 2. The van der Waals surface area contributed by atoms with Crippen LogP contribution in [0.3, 0.4) is 0 Å². The van der Waals surface area contributed by atoms with Crippen LogP contribution in [-0.4, -0.2) is 46.9 Å². The summed E-state index contributed by atoms with van der Waals surface area (Å²) in [4.78, 5) is 35.4. The summed E-state index contributed by atoms with van der Waals surface area (Å²) < 4.78 is 0. The lowest BCUT2D eigenvalue weighted by atomic mass is 9.88. The van der Waals surface area contributed by atoms with Crippen molar-refractivity contribution in [3.63, 3.8) is 0 Å². The van der Waals surface area contributed by atoms with Crippen LogP contribution in [0.4, 0.5) is 0 Å². The zero-order valence-corrected chi connectivity index (χ0v) is 11.5. The third-order valence-electron chi connectivity index (χ3n) is 3.61. The van der Waals surface area contributed by atoms with E-state index in [2.05, 4.69) is 5.32 Å². The van der Waals surface area contributed by atoms with E-state index in [4.69, 9.17) is 0 Å². The fraction of sp³-hybridized carbons (Fsp3) is 0.769. The van der Waals surface area contributed by atoms with Crippen molar-refractivity contribution in [1.29, 1.82) is 0 Å². The monoisotopic (exact) mass is 270 g/mol. The Morgan fingerprint density at radius 1 is 1.37 bits per heavy atom. The number of amides is 2. The summed E-state index contributed by atoms with van der Waals surface area (Å²) in [6, 6.07) is -0.719. The number of nitrogens with one attached hydrogen (secondary N) is 1. The van der Waals surface area contributed by atoms with Crippen molar-refractivity contribution in [3.8, 4) is 0 Å². The van der Waals surface area contributed by atoms with Gasteiger partial charge in [0.15, 0.2) is 0 Å². The number of carboxylic acid groups (broad SMARTS) is 1. The van der Waals surface area contributed by atoms with Crippen molar-refractivity contribution < 1.29 is 19.5 Å². The Hall–Kier alpha value is -1.59. The molecule has 1 saturated heterocycles. The van der Waals surface area contributed by atoms with Crippen LogP contribution >= 0.6 is 0 Å². The number of aliphatic carboxylic acids is 1. The molecule has 19 heavy (non-hydrogen) atoms. The van der Waals surface area contributed by atoms with Gasteiger partial charge in [-0.3, -0.25) is 9.59 Å². The molecule has 1 fully saturated rings. The highest BCUT2D eigenvalue weighted by molar-refractivity contribution is 5.84. The van der Waals surface area contributed by atoms with Gasteiger partial charge in [-0.1, -0.05) is 13.3 Å². The van der Waals surface area contributed by atoms with E-state index in [-0.39, 0.29) is 24.8 Å².